The van der Waals surface area contributed by atoms with Crippen molar-refractivity contribution in [3.8, 4) is 0 Å². The van der Waals surface area contributed by atoms with Gasteiger partial charge in [0.2, 0.25) is 0 Å². The third-order valence-electron chi connectivity index (χ3n) is 9.94. The minimum atomic E-state index is -4.79. The highest BCUT2D eigenvalue weighted by Gasteiger charge is 2.39. The number of nitrogens with two attached hydrogens (primary N) is 1. The lowest BCUT2D eigenvalue weighted by atomic mass is 9.88. The average Bonchev–Trinajstić information content (AvgIpc) is 3.47. The third kappa shape index (κ3) is 28.2. The number of phosphoric acid groups is 1. The molecule has 0 spiro atoms. The van der Waals surface area contributed by atoms with E-state index in [0.717, 1.165) is 64.2 Å². The highest BCUT2D eigenvalue weighted by molar-refractivity contribution is 7.47. The first-order valence-electron chi connectivity index (χ1n) is 21.8. The molecule has 338 valence electrons. The molecule has 0 bridgehead atoms. The van der Waals surface area contributed by atoms with Gasteiger partial charge in [-0.15, -0.1) is 0 Å². The fourth-order valence-corrected chi connectivity index (χ4v) is 7.21. The van der Waals surface area contributed by atoms with Crippen molar-refractivity contribution in [2.45, 2.75) is 173 Å². The predicted octanol–water partition coefficient (Wildman–Crippen LogP) is 7.98. The topological polar surface area (TPSA) is 229 Å². The quantitative estimate of drug-likeness (QED) is 0.0174. The van der Waals surface area contributed by atoms with Crippen molar-refractivity contribution in [1.82, 2.24) is 0 Å². The summed E-state index contributed by atoms with van der Waals surface area (Å²) in [6.45, 7) is 2.38. The van der Waals surface area contributed by atoms with Gasteiger partial charge in [-0.3, -0.25) is 28.2 Å². The fraction of sp³-hybridized carbons (Fsp3) is 0.727. The smallest absolute Gasteiger partial charge is 0.472 e. The van der Waals surface area contributed by atoms with Gasteiger partial charge in [-0.05, 0) is 64.2 Å². The summed E-state index contributed by atoms with van der Waals surface area (Å²) in [5.41, 5.74) is 5.32. The second-order valence-corrected chi connectivity index (χ2v) is 16.7. The van der Waals surface area contributed by atoms with Crippen LogP contribution in [-0.4, -0.2) is 88.1 Å². The van der Waals surface area contributed by atoms with Gasteiger partial charge in [0.15, 0.2) is 6.10 Å². The van der Waals surface area contributed by atoms with Crippen molar-refractivity contribution in [3.63, 3.8) is 0 Å². The number of allylic oxidation sites excluding steroid dienone is 6. The summed E-state index contributed by atoms with van der Waals surface area (Å²) < 4.78 is 32.6. The molecule has 0 aromatic heterocycles. The number of rotatable bonds is 36. The molecule has 1 rings (SSSR count). The number of aliphatic hydroxyl groups is 2. The number of aliphatic hydroxyl groups excluding tert-OH is 2. The number of ketones is 1. The zero-order chi connectivity index (χ0) is 43.7. The van der Waals surface area contributed by atoms with Gasteiger partial charge in [-0.1, -0.05) is 114 Å². The Kier molecular flexibility index (Phi) is 30.9. The molecule has 0 heterocycles. The van der Waals surface area contributed by atoms with E-state index in [1.165, 1.54) is 19.3 Å². The molecular formula is C44H74NO13P. The van der Waals surface area contributed by atoms with Crippen LogP contribution in [0.4, 0.5) is 0 Å². The number of hydrogen-bond acceptors (Lipinski definition) is 12. The summed E-state index contributed by atoms with van der Waals surface area (Å²) in [6, 6.07) is -1.57. The molecule has 14 nitrogen and oxygen atoms in total. The summed E-state index contributed by atoms with van der Waals surface area (Å²) >= 11 is 0. The standard InChI is InChI=1S/C44H74NO13P/c1-3-5-7-8-9-10-11-12-13-14-15-16-17-18-24-28-43(50)58-36(33-56-59(53,54)57-34-39(45)44(51)52)32-55-42(49)27-23-20-19-22-26-37-38(41(48)31-40(37)47)30-29-35(46)25-21-6-4-2/h9-10,12-13,15-16,29-30,35-39,41,46,48H,3-8,11,14,17-28,31-34,45H2,1-2H3,(H,51,52)(H,53,54)/b10-9-,13-12-,16-15-,30-29+/t35-,36+,37+,38+,39-,41+/m0/s1. The number of phosphoric ester groups is 1. The Morgan fingerprint density at radius 2 is 1.37 bits per heavy atom. The van der Waals surface area contributed by atoms with E-state index in [9.17, 15) is 38.8 Å². The number of Topliss-reactive ketones (excluding diaryl/α,β-unsaturated/α-hetero) is 1. The lowest BCUT2D eigenvalue weighted by molar-refractivity contribution is -0.161. The molecule has 1 aliphatic carbocycles. The first-order chi connectivity index (χ1) is 28.3. The normalized spacial score (nSPS) is 19.8. The number of unbranched alkanes of at least 4 members (excludes halogenated alkanes) is 10. The molecule has 1 unspecified atom stereocenters. The zero-order valence-electron chi connectivity index (χ0n) is 35.5. The van der Waals surface area contributed by atoms with Crippen LogP contribution in [0.25, 0.3) is 0 Å². The van der Waals surface area contributed by atoms with Crippen LogP contribution in [0.1, 0.15) is 149 Å². The van der Waals surface area contributed by atoms with Gasteiger partial charge in [0.1, 0.15) is 18.4 Å². The Hall–Kier alpha value is -2.97. The van der Waals surface area contributed by atoms with Crippen LogP contribution >= 0.6 is 7.82 Å². The number of hydrogen-bond donors (Lipinski definition) is 5. The van der Waals surface area contributed by atoms with Gasteiger partial charge in [0, 0.05) is 31.1 Å². The Morgan fingerprint density at radius 1 is 0.797 bits per heavy atom. The molecule has 59 heavy (non-hydrogen) atoms. The van der Waals surface area contributed by atoms with Crippen molar-refractivity contribution in [1.29, 1.82) is 0 Å². The van der Waals surface area contributed by atoms with Crippen molar-refractivity contribution in [2.24, 2.45) is 17.6 Å². The van der Waals surface area contributed by atoms with E-state index < -0.39 is 69.9 Å². The second-order valence-electron chi connectivity index (χ2n) is 15.2. The molecule has 0 aromatic carbocycles. The maximum absolute atomic E-state index is 12.6. The van der Waals surface area contributed by atoms with Crippen LogP contribution < -0.4 is 5.73 Å². The molecule has 0 saturated heterocycles. The van der Waals surface area contributed by atoms with Crippen LogP contribution in [0.15, 0.2) is 48.6 Å². The fourth-order valence-electron chi connectivity index (χ4n) is 6.44. The number of carboxylic acid groups (broad SMARTS) is 1. The summed E-state index contributed by atoms with van der Waals surface area (Å²) in [7, 11) is -4.79. The number of esters is 2. The Balaban J connectivity index is 2.51. The molecule has 1 saturated carbocycles. The summed E-state index contributed by atoms with van der Waals surface area (Å²) in [5, 5.41) is 29.6. The highest BCUT2D eigenvalue weighted by Crippen LogP contribution is 2.43. The first kappa shape index (κ1) is 54.0. The van der Waals surface area contributed by atoms with Crippen LogP contribution in [0.5, 0.6) is 0 Å². The monoisotopic (exact) mass is 855 g/mol. The lowest BCUT2D eigenvalue weighted by Crippen LogP contribution is -2.34. The van der Waals surface area contributed by atoms with Crippen LogP contribution in [0.3, 0.4) is 0 Å². The lowest BCUT2D eigenvalue weighted by Gasteiger charge is -2.20. The van der Waals surface area contributed by atoms with Crippen LogP contribution in [0.2, 0.25) is 0 Å². The SMILES string of the molecule is CCCCC/C=C\C/C=C\C/C=C\CCCCC(=O)O[C@H](COC(=O)CCCCCC[C@H]1C(=O)C[C@@H](O)[C@@H]1/C=C/[C@@H](O)CCCCC)COP(=O)(O)OC[C@H](N)C(=O)O. The van der Waals surface area contributed by atoms with Gasteiger partial charge in [0.25, 0.3) is 0 Å². The molecule has 0 amide bonds. The highest BCUT2D eigenvalue weighted by atomic mass is 31.2. The summed E-state index contributed by atoms with van der Waals surface area (Å²) in [5.74, 6) is -3.24. The number of ether oxygens (including phenoxy) is 2. The van der Waals surface area contributed by atoms with E-state index in [0.29, 0.717) is 32.1 Å². The van der Waals surface area contributed by atoms with E-state index in [2.05, 4.69) is 54.8 Å². The molecule has 0 aliphatic heterocycles. The molecule has 7 atom stereocenters. The van der Waals surface area contributed by atoms with E-state index >= 15 is 0 Å². The molecule has 6 N–H and O–H groups in total. The van der Waals surface area contributed by atoms with Crippen molar-refractivity contribution in [2.75, 3.05) is 19.8 Å². The minimum Gasteiger partial charge on any atom is -0.480 e. The third-order valence-corrected chi connectivity index (χ3v) is 10.9. The summed E-state index contributed by atoms with van der Waals surface area (Å²) in [6.07, 6.45) is 29.4. The molecule has 15 heteroatoms. The van der Waals surface area contributed by atoms with E-state index in [1.807, 2.05) is 0 Å². The zero-order valence-corrected chi connectivity index (χ0v) is 36.4. The van der Waals surface area contributed by atoms with Crippen LogP contribution in [-0.2, 0) is 42.3 Å². The average molecular weight is 856 g/mol. The van der Waals surface area contributed by atoms with E-state index in [1.54, 1.807) is 12.2 Å². The second kappa shape index (κ2) is 33.7. The molecule has 1 aliphatic rings. The van der Waals surface area contributed by atoms with Gasteiger partial charge in [0.05, 0.1) is 25.4 Å². The predicted molar refractivity (Wildman–Crippen MR) is 227 cm³/mol. The van der Waals surface area contributed by atoms with Gasteiger partial charge < -0.3 is 35.4 Å². The molecule has 0 radical (unpaired) electrons. The number of carboxylic acids is 1. The van der Waals surface area contributed by atoms with Gasteiger partial charge >= 0.3 is 25.7 Å². The largest absolute Gasteiger partial charge is 0.480 e. The van der Waals surface area contributed by atoms with Gasteiger partial charge in [-0.2, -0.15) is 0 Å². The van der Waals surface area contributed by atoms with Crippen LogP contribution in [0, 0.1) is 11.8 Å². The van der Waals surface area contributed by atoms with E-state index in [4.69, 9.17) is 24.8 Å². The Labute approximate surface area is 352 Å². The van der Waals surface area contributed by atoms with E-state index in [-0.39, 0.29) is 36.9 Å². The molecule has 0 aromatic rings. The number of carbonyl (C=O) groups is 4. The number of carbonyl (C=O) groups excluding carboxylic acids is 3. The van der Waals surface area contributed by atoms with Gasteiger partial charge in [-0.25, -0.2) is 4.57 Å². The Morgan fingerprint density at radius 3 is 2.03 bits per heavy atom. The Bertz CT molecular complexity index is 1350. The van der Waals surface area contributed by atoms with Crippen molar-refractivity contribution in [3.05, 3.63) is 48.6 Å². The van der Waals surface area contributed by atoms with Crippen molar-refractivity contribution >= 4 is 31.5 Å². The maximum atomic E-state index is 12.6. The maximum Gasteiger partial charge on any atom is 0.472 e. The van der Waals surface area contributed by atoms with Crippen molar-refractivity contribution < 1.29 is 62.5 Å². The molecular weight excluding hydrogens is 781 g/mol. The minimum absolute atomic E-state index is 0.0200. The first-order valence-corrected chi connectivity index (χ1v) is 23.3. The molecule has 1 fully saturated rings. The number of aliphatic carboxylic acids is 1. The summed E-state index contributed by atoms with van der Waals surface area (Å²) in [4.78, 5) is 58.7.